The van der Waals surface area contributed by atoms with E-state index < -0.39 is 0 Å². The zero-order chi connectivity index (χ0) is 13.8. The molecule has 0 spiro atoms. The van der Waals surface area contributed by atoms with Crippen LogP contribution in [0.3, 0.4) is 0 Å². The van der Waals surface area contributed by atoms with E-state index in [4.69, 9.17) is 0 Å². The molecule has 1 unspecified atom stereocenters. The number of likely N-dealkylation sites (tertiary alicyclic amines) is 1. The van der Waals surface area contributed by atoms with Crippen LogP contribution in [-0.4, -0.2) is 37.5 Å². The summed E-state index contributed by atoms with van der Waals surface area (Å²) in [5.41, 5.74) is 2.05. The number of nitrogens with one attached hydrogen (secondary N) is 1. The molecule has 5 heteroatoms. The first-order valence-electron chi connectivity index (χ1n) is 6.82. The van der Waals surface area contributed by atoms with Crippen LogP contribution in [0, 0.1) is 16.4 Å². The molecule has 1 fully saturated rings. The highest BCUT2D eigenvalue weighted by Crippen LogP contribution is 2.20. The molecule has 1 amide bonds. The zero-order valence-corrected chi connectivity index (χ0v) is 15.0. The molecule has 0 aromatic heterocycles. The molecule has 1 atom stereocenters. The van der Waals surface area contributed by atoms with Crippen molar-refractivity contribution in [1.82, 2.24) is 10.2 Å². The smallest absolute Gasteiger partial charge is 0.253 e. The second-order valence-electron chi connectivity index (χ2n) is 5.28. The average Bonchev–Trinajstić information content (AvgIpc) is 2.42. The van der Waals surface area contributed by atoms with E-state index in [-0.39, 0.29) is 18.3 Å². The van der Waals surface area contributed by atoms with Gasteiger partial charge < -0.3 is 10.2 Å². The number of amides is 1. The molecule has 3 nitrogen and oxygen atoms in total. The fourth-order valence-corrected chi connectivity index (χ4v) is 3.13. The number of nitrogens with zero attached hydrogens (tertiary/aromatic N) is 1. The molecule has 0 radical (unpaired) electrons. The van der Waals surface area contributed by atoms with Crippen LogP contribution in [0.1, 0.15) is 28.8 Å². The molecule has 1 aromatic rings. The zero-order valence-electron chi connectivity index (χ0n) is 12.0. The molecule has 20 heavy (non-hydrogen) atoms. The first-order chi connectivity index (χ1) is 9.11. The van der Waals surface area contributed by atoms with Gasteiger partial charge in [0.05, 0.1) is 0 Å². The number of rotatable bonds is 3. The standard InChI is InChI=1S/C15H21IN2O.ClH/c1-11-5-6-13(8-14(11)16)15(19)18-7-3-4-12(10-18)9-17-2;/h5-6,8,12,17H,3-4,7,9-10H2,1-2H3;1H. The Kier molecular flexibility index (Phi) is 7.26. The van der Waals surface area contributed by atoms with Gasteiger partial charge in [-0.25, -0.2) is 0 Å². The molecule has 0 saturated carbocycles. The van der Waals surface area contributed by atoms with Gasteiger partial charge in [0, 0.05) is 22.2 Å². The van der Waals surface area contributed by atoms with Crippen molar-refractivity contribution in [2.24, 2.45) is 5.92 Å². The monoisotopic (exact) mass is 408 g/mol. The van der Waals surface area contributed by atoms with Crippen molar-refractivity contribution in [3.63, 3.8) is 0 Å². The van der Waals surface area contributed by atoms with Crippen LogP contribution in [0.2, 0.25) is 0 Å². The number of piperidine rings is 1. The van der Waals surface area contributed by atoms with E-state index in [1.165, 1.54) is 12.0 Å². The van der Waals surface area contributed by atoms with Gasteiger partial charge in [0.2, 0.25) is 0 Å². The summed E-state index contributed by atoms with van der Waals surface area (Å²) in [4.78, 5) is 14.5. The number of carbonyl (C=O) groups excluding carboxylic acids is 1. The van der Waals surface area contributed by atoms with Gasteiger partial charge in [0.1, 0.15) is 0 Å². The van der Waals surface area contributed by atoms with Crippen LogP contribution in [0.15, 0.2) is 18.2 Å². The van der Waals surface area contributed by atoms with Gasteiger partial charge in [-0.3, -0.25) is 4.79 Å². The van der Waals surface area contributed by atoms with E-state index in [0.717, 1.165) is 35.2 Å². The lowest BCUT2D eigenvalue weighted by atomic mass is 9.97. The molecular weight excluding hydrogens is 387 g/mol. The van der Waals surface area contributed by atoms with E-state index in [1.54, 1.807) is 0 Å². The third-order valence-corrected chi connectivity index (χ3v) is 4.88. The predicted molar refractivity (Wildman–Crippen MR) is 93.7 cm³/mol. The van der Waals surface area contributed by atoms with Crippen LogP contribution in [0.4, 0.5) is 0 Å². The van der Waals surface area contributed by atoms with Gasteiger partial charge in [-0.05, 0) is 79.6 Å². The lowest BCUT2D eigenvalue weighted by Gasteiger charge is -2.32. The number of hydrogen-bond donors (Lipinski definition) is 1. The number of aryl methyl sites for hydroxylation is 1. The van der Waals surface area contributed by atoms with Crippen molar-refractivity contribution in [2.45, 2.75) is 19.8 Å². The second kappa shape index (κ2) is 8.20. The van der Waals surface area contributed by atoms with E-state index in [2.05, 4.69) is 34.8 Å². The predicted octanol–water partition coefficient (Wildman–Crippen LogP) is 3.09. The van der Waals surface area contributed by atoms with Crippen LogP contribution >= 0.6 is 35.0 Å². The Balaban J connectivity index is 0.00000200. The number of halogens is 2. The fourth-order valence-electron chi connectivity index (χ4n) is 2.61. The summed E-state index contributed by atoms with van der Waals surface area (Å²) in [5, 5.41) is 3.21. The third-order valence-electron chi connectivity index (χ3n) is 3.72. The van der Waals surface area contributed by atoms with Gasteiger partial charge in [-0.1, -0.05) is 6.07 Å². The molecule has 0 bridgehead atoms. The minimum atomic E-state index is 0. The number of carbonyl (C=O) groups is 1. The summed E-state index contributed by atoms with van der Waals surface area (Å²) in [6.45, 7) is 4.84. The second-order valence-corrected chi connectivity index (χ2v) is 6.44. The molecule has 1 aromatic carbocycles. The highest BCUT2D eigenvalue weighted by Gasteiger charge is 2.24. The summed E-state index contributed by atoms with van der Waals surface area (Å²) in [6.07, 6.45) is 2.33. The molecule has 0 aliphatic carbocycles. The van der Waals surface area contributed by atoms with Crippen molar-refractivity contribution in [1.29, 1.82) is 0 Å². The summed E-state index contributed by atoms with van der Waals surface area (Å²) >= 11 is 2.29. The quantitative estimate of drug-likeness (QED) is 0.780. The van der Waals surface area contributed by atoms with E-state index in [9.17, 15) is 4.79 Å². The van der Waals surface area contributed by atoms with Crippen molar-refractivity contribution >= 4 is 40.9 Å². The Bertz CT molecular complexity index is 465. The highest BCUT2D eigenvalue weighted by atomic mass is 127. The maximum Gasteiger partial charge on any atom is 0.253 e. The minimum Gasteiger partial charge on any atom is -0.338 e. The first kappa shape index (κ1) is 17.7. The Labute approximate surface area is 141 Å². The summed E-state index contributed by atoms with van der Waals surface area (Å²) < 4.78 is 1.16. The summed E-state index contributed by atoms with van der Waals surface area (Å²) in [6, 6.07) is 5.98. The SMILES string of the molecule is CNCC1CCCN(C(=O)c2ccc(C)c(I)c2)C1.Cl. The maximum atomic E-state index is 12.5. The van der Waals surface area contributed by atoms with E-state index in [0.29, 0.717) is 5.92 Å². The topological polar surface area (TPSA) is 32.3 Å². The van der Waals surface area contributed by atoms with Gasteiger partial charge in [0.25, 0.3) is 5.91 Å². The molecule has 1 N–H and O–H groups in total. The molecule has 2 rings (SSSR count). The van der Waals surface area contributed by atoms with Crippen molar-refractivity contribution in [2.75, 3.05) is 26.7 Å². The first-order valence-corrected chi connectivity index (χ1v) is 7.89. The van der Waals surface area contributed by atoms with Crippen molar-refractivity contribution in [3.8, 4) is 0 Å². The Morgan fingerprint density at radius 1 is 1.50 bits per heavy atom. The van der Waals surface area contributed by atoms with Gasteiger partial charge in [0.15, 0.2) is 0 Å². The molecule has 1 aliphatic heterocycles. The third kappa shape index (κ3) is 4.33. The highest BCUT2D eigenvalue weighted by molar-refractivity contribution is 14.1. The van der Waals surface area contributed by atoms with Crippen LogP contribution in [0.25, 0.3) is 0 Å². The Morgan fingerprint density at radius 2 is 2.25 bits per heavy atom. The summed E-state index contributed by atoms with van der Waals surface area (Å²) in [5.74, 6) is 0.769. The Morgan fingerprint density at radius 3 is 2.90 bits per heavy atom. The van der Waals surface area contributed by atoms with Crippen LogP contribution in [-0.2, 0) is 0 Å². The van der Waals surface area contributed by atoms with Crippen LogP contribution < -0.4 is 5.32 Å². The molecule has 112 valence electrons. The lowest BCUT2D eigenvalue weighted by Crippen LogP contribution is -2.42. The Hall–Kier alpha value is -0.330. The average molecular weight is 409 g/mol. The minimum absolute atomic E-state index is 0. The van der Waals surface area contributed by atoms with Crippen molar-refractivity contribution < 1.29 is 4.79 Å². The number of benzene rings is 1. The van der Waals surface area contributed by atoms with E-state index >= 15 is 0 Å². The fraction of sp³-hybridized carbons (Fsp3) is 0.533. The molecule has 1 saturated heterocycles. The maximum absolute atomic E-state index is 12.5. The normalized spacial score (nSPS) is 18.6. The molecular formula is C15H22ClIN2O. The lowest BCUT2D eigenvalue weighted by molar-refractivity contribution is 0.0674. The molecule has 1 aliphatic rings. The van der Waals surface area contributed by atoms with Crippen molar-refractivity contribution in [3.05, 3.63) is 32.9 Å². The van der Waals surface area contributed by atoms with Gasteiger partial charge >= 0.3 is 0 Å². The van der Waals surface area contributed by atoms with Crippen LogP contribution in [0.5, 0.6) is 0 Å². The largest absolute Gasteiger partial charge is 0.338 e. The summed E-state index contributed by atoms with van der Waals surface area (Å²) in [7, 11) is 1.98. The molecule has 1 heterocycles. The van der Waals surface area contributed by atoms with Gasteiger partial charge in [-0.15, -0.1) is 12.4 Å². The number of hydrogen-bond acceptors (Lipinski definition) is 2. The van der Waals surface area contributed by atoms with E-state index in [1.807, 2.05) is 30.1 Å². The van der Waals surface area contributed by atoms with Gasteiger partial charge in [-0.2, -0.15) is 0 Å².